The largest absolute Gasteiger partial charge is 0.504 e. The number of amides is 2. The van der Waals surface area contributed by atoms with E-state index < -0.39 is 96.6 Å². The standard InChI is InChI=1S/C31H44N7O19P3S.C4H9NO2S/c1-31(2,26(43)29(44)34-9-8-21(40)33-10-11-61-22(41)7-5-17-4-6-18(39)19(12-17)52-3)14-54-60(50,51)57-59(48,49)53-13-20-25(56-58(45,46)47)24(42)30(55-20)38-16-37-23-27(32)35-15-36-28(23)38;5-3(1-2-8)4(6)7/h4-7,12,15-16,20,24-26,30,39,42-43H,8-11,13-14H2,1-3H3,(H,33,40)(H,34,44)(H,48,49)(H,50,51)(H2,32,35,36)(H2,45,46,47);3,8H,1-2,5H2,(H,6,7)/b7-5+;/t20-,24-,25-,26?,30-;/m1./s1. The predicted molar refractivity (Wildman–Crippen MR) is 245 cm³/mol. The van der Waals surface area contributed by atoms with Crippen LogP contribution >= 0.6 is 47.9 Å². The number of rotatable bonds is 25. The Hall–Kier alpha value is -4.10. The number of aromatic nitrogens is 4. The first-order valence-electron chi connectivity index (χ1n) is 19.8. The molecule has 1 aliphatic rings. The monoisotopic (exact) mass is 1080 g/mol. The molecule has 0 radical (unpaired) electrons. The molecule has 2 amide bonds. The Morgan fingerprint density at radius 2 is 1.74 bits per heavy atom. The van der Waals surface area contributed by atoms with E-state index in [9.17, 15) is 67.8 Å². The van der Waals surface area contributed by atoms with Crippen LogP contribution in [-0.4, -0.2) is 158 Å². The maximum absolute atomic E-state index is 12.7. The second-order valence-electron chi connectivity index (χ2n) is 15.0. The van der Waals surface area contributed by atoms with Gasteiger partial charge in [0.15, 0.2) is 29.2 Å². The normalized spacial score (nSPS) is 20.0. The highest BCUT2D eigenvalue weighted by Crippen LogP contribution is 2.61. The number of hydrogen-bond acceptors (Lipinski definition) is 23. The SMILES string of the molecule is COc1cc(/C=C/C(=O)SCCNC(=O)CCNC(=O)C(O)C(C)(C)COP(=O)(O)OP(=O)(O)OC[C@H]2O[C@@H](n3cnc4c(N)ncnc43)[C@H](O)[C@@H]2OP(=O)(O)O)ccc1O.NC(CCS)C(=O)O. The highest BCUT2D eigenvalue weighted by atomic mass is 32.2. The molecule has 386 valence electrons. The van der Waals surface area contributed by atoms with E-state index in [0.717, 1.165) is 29.0 Å². The molecule has 0 aliphatic carbocycles. The minimum Gasteiger partial charge on any atom is -0.504 e. The Morgan fingerprint density at radius 1 is 1.06 bits per heavy atom. The number of aliphatic carboxylic acids is 1. The topological polar surface area (TPSA) is 456 Å². The number of nitrogens with one attached hydrogen (secondary N) is 2. The summed E-state index contributed by atoms with van der Waals surface area (Å²) in [6, 6.07) is 3.81. The fourth-order valence-electron chi connectivity index (χ4n) is 5.55. The lowest BCUT2D eigenvalue weighted by Crippen LogP contribution is -2.46. The quantitative estimate of drug-likeness (QED) is 0.0226. The molecule has 3 heterocycles. The Balaban J connectivity index is 0.00000144. The summed E-state index contributed by atoms with van der Waals surface area (Å²) in [7, 11) is -15.1. The predicted octanol–water partition coefficient (Wildman–Crippen LogP) is -0.189. The van der Waals surface area contributed by atoms with Crippen LogP contribution in [-0.2, 0) is 55.5 Å². The second-order valence-corrected chi connectivity index (χ2v) is 20.7. The molecule has 14 N–H and O–H groups in total. The average molecular weight is 1080 g/mol. The lowest BCUT2D eigenvalue weighted by atomic mass is 9.87. The zero-order valence-corrected chi connectivity index (χ0v) is 41.1. The van der Waals surface area contributed by atoms with E-state index >= 15 is 0 Å². The molecule has 8 atom stereocenters. The average Bonchev–Trinajstić information content (AvgIpc) is 3.83. The summed E-state index contributed by atoms with van der Waals surface area (Å²) < 4.78 is 67.2. The van der Waals surface area contributed by atoms with Crippen molar-refractivity contribution in [3.05, 3.63) is 42.5 Å². The van der Waals surface area contributed by atoms with Crippen molar-refractivity contribution in [2.75, 3.05) is 50.7 Å². The number of phenolic OH excluding ortho intramolecular Hbond substituents is 1. The van der Waals surface area contributed by atoms with Crippen molar-refractivity contribution in [3.63, 3.8) is 0 Å². The van der Waals surface area contributed by atoms with Crippen LogP contribution in [0.25, 0.3) is 17.2 Å². The number of ether oxygens (including phenoxy) is 2. The van der Waals surface area contributed by atoms with E-state index in [2.05, 4.69) is 47.0 Å². The van der Waals surface area contributed by atoms with Gasteiger partial charge < -0.3 is 71.6 Å². The number of carboxylic acid groups (broad SMARTS) is 1. The van der Waals surface area contributed by atoms with Crippen molar-refractivity contribution in [2.24, 2.45) is 11.1 Å². The molecule has 3 aromatic rings. The number of thioether (sulfide) groups is 1. The Morgan fingerprint density at radius 3 is 2.36 bits per heavy atom. The zero-order chi connectivity index (χ0) is 51.9. The number of phosphoric ester groups is 3. The lowest BCUT2D eigenvalue weighted by molar-refractivity contribution is -0.138. The summed E-state index contributed by atoms with van der Waals surface area (Å²) >= 11 is 4.75. The number of phenols is 1. The highest BCUT2D eigenvalue weighted by molar-refractivity contribution is 8.14. The van der Waals surface area contributed by atoms with Crippen LogP contribution < -0.4 is 26.8 Å². The van der Waals surface area contributed by atoms with Gasteiger partial charge in [0.25, 0.3) is 0 Å². The van der Waals surface area contributed by atoms with E-state index in [0.29, 0.717) is 17.7 Å². The number of aromatic hydroxyl groups is 1. The third kappa shape index (κ3) is 19.2. The van der Waals surface area contributed by atoms with Gasteiger partial charge in [-0.1, -0.05) is 37.8 Å². The summed E-state index contributed by atoms with van der Waals surface area (Å²) in [5, 5.41) is 43.9. The van der Waals surface area contributed by atoms with Gasteiger partial charge in [0, 0.05) is 30.7 Å². The molecule has 1 aromatic carbocycles. The van der Waals surface area contributed by atoms with Gasteiger partial charge in [0.1, 0.15) is 42.3 Å². The Labute approximate surface area is 402 Å². The van der Waals surface area contributed by atoms with Crippen molar-refractivity contribution in [2.45, 2.75) is 63.4 Å². The van der Waals surface area contributed by atoms with Crippen LogP contribution in [0.15, 0.2) is 36.9 Å². The van der Waals surface area contributed by atoms with Gasteiger partial charge in [-0.25, -0.2) is 28.6 Å². The fourth-order valence-corrected chi connectivity index (χ4v) is 9.23. The first-order chi connectivity index (χ1) is 32.1. The number of carboxylic acids is 1. The number of carbonyl (C=O) groups excluding carboxylic acids is 3. The van der Waals surface area contributed by atoms with Crippen LogP contribution in [0, 0.1) is 5.41 Å². The van der Waals surface area contributed by atoms with Crippen LogP contribution in [0.5, 0.6) is 11.5 Å². The fraction of sp³-hybridized carbons (Fsp3) is 0.514. The number of nitrogens with zero attached hydrogens (tertiary/aromatic N) is 4. The minimum absolute atomic E-state index is 0.0223. The van der Waals surface area contributed by atoms with Gasteiger partial charge in [-0.2, -0.15) is 16.9 Å². The van der Waals surface area contributed by atoms with E-state index in [1.54, 1.807) is 12.1 Å². The zero-order valence-electron chi connectivity index (χ0n) is 36.7. The van der Waals surface area contributed by atoms with E-state index in [-0.39, 0.29) is 58.9 Å². The van der Waals surface area contributed by atoms with E-state index in [1.807, 2.05) is 0 Å². The summed E-state index contributed by atoms with van der Waals surface area (Å²) in [4.78, 5) is 97.9. The molecule has 1 fully saturated rings. The van der Waals surface area contributed by atoms with Crippen LogP contribution in [0.2, 0.25) is 0 Å². The lowest BCUT2D eigenvalue weighted by Gasteiger charge is -2.30. The van der Waals surface area contributed by atoms with E-state index in [4.69, 9.17) is 35.1 Å². The number of thiol groups is 1. The highest BCUT2D eigenvalue weighted by Gasteiger charge is 2.50. The molecule has 0 bridgehead atoms. The molecule has 4 rings (SSSR count). The maximum Gasteiger partial charge on any atom is 0.481 e. The number of benzene rings is 1. The number of nitrogen functional groups attached to an aromatic ring is 1. The van der Waals surface area contributed by atoms with Gasteiger partial charge in [-0.05, 0) is 35.9 Å². The summed E-state index contributed by atoms with van der Waals surface area (Å²) in [5.41, 5.74) is 9.92. The first kappa shape index (κ1) is 59.2. The third-order valence-corrected chi connectivity index (χ3v) is 13.3. The molecule has 1 saturated heterocycles. The first-order valence-corrected chi connectivity index (χ1v) is 25.9. The number of methoxy groups -OCH3 is 1. The molecule has 34 heteroatoms. The number of anilines is 1. The minimum atomic E-state index is -5.59. The summed E-state index contributed by atoms with van der Waals surface area (Å²) in [6.45, 7) is 0.299. The summed E-state index contributed by atoms with van der Waals surface area (Å²) in [5.74, 6) is -1.55. The molecule has 0 spiro atoms. The molecule has 0 saturated carbocycles. The number of fused-ring (bicyclic) bond motifs is 1. The number of aliphatic hydroxyl groups is 2. The number of carbonyl (C=O) groups is 4. The molecular formula is C35H53N8O21P3S2. The second kappa shape index (κ2) is 26.4. The van der Waals surface area contributed by atoms with Gasteiger partial charge in [-0.15, -0.1) is 0 Å². The maximum atomic E-state index is 12.7. The van der Waals surface area contributed by atoms with Crippen molar-refractivity contribution in [1.82, 2.24) is 30.2 Å². The van der Waals surface area contributed by atoms with Crippen LogP contribution in [0.3, 0.4) is 0 Å². The molecule has 4 unspecified atom stereocenters. The molecule has 2 aromatic heterocycles. The van der Waals surface area contributed by atoms with Crippen LogP contribution in [0.4, 0.5) is 5.82 Å². The van der Waals surface area contributed by atoms with Crippen molar-refractivity contribution < 1.29 is 100 Å². The number of phosphoric acid groups is 3. The number of nitrogens with two attached hydrogens (primary N) is 2. The Kier molecular flexibility index (Phi) is 22.6. The van der Waals surface area contributed by atoms with Gasteiger partial charge in [0.05, 0.1) is 26.7 Å². The summed E-state index contributed by atoms with van der Waals surface area (Å²) in [6.07, 6.45) is -3.77. The molecular weight excluding hydrogens is 1030 g/mol. The van der Waals surface area contributed by atoms with Crippen LogP contribution in [0.1, 0.15) is 38.5 Å². The van der Waals surface area contributed by atoms with Crippen molar-refractivity contribution >= 4 is 93.8 Å². The van der Waals surface area contributed by atoms with Crippen molar-refractivity contribution in [1.29, 1.82) is 0 Å². The third-order valence-electron chi connectivity index (χ3n) is 9.12. The van der Waals surface area contributed by atoms with Crippen molar-refractivity contribution in [3.8, 4) is 11.5 Å². The number of hydrogen-bond donors (Lipinski definition) is 13. The van der Waals surface area contributed by atoms with Gasteiger partial charge >= 0.3 is 29.4 Å². The Bertz CT molecular complexity index is 2430. The molecule has 29 nitrogen and oxygen atoms in total. The molecule has 1 aliphatic heterocycles. The van der Waals surface area contributed by atoms with Gasteiger partial charge in [-0.3, -0.25) is 37.3 Å². The number of imidazole rings is 1. The molecule has 69 heavy (non-hydrogen) atoms. The van der Waals surface area contributed by atoms with E-state index in [1.165, 1.54) is 39.2 Å². The smallest absolute Gasteiger partial charge is 0.481 e. The number of aliphatic hydroxyl groups excluding tert-OH is 2. The van der Waals surface area contributed by atoms with Gasteiger partial charge in [0.2, 0.25) is 16.9 Å².